The lowest BCUT2D eigenvalue weighted by Gasteiger charge is -2.14. The minimum Gasteiger partial charge on any atom is -0.508 e. The lowest BCUT2D eigenvalue weighted by Crippen LogP contribution is -2.41. The van der Waals surface area contributed by atoms with Gasteiger partial charge >= 0.3 is 5.97 Å². The number of carboxylic acid groups (broad SMARTS) is 1. The molecule has 0 aromatic heterocycles. The van der Waals surface area contributed by atoms with Crippen LogP contribution in [0.5, 0.6) is 5.75 Å². The minimum absolute atomic E-state index is 0.0528. The molecule has 0 aliphatic rings. The van der Waals surface area contributed by atoms with Gasteiger partial charge in [-0.25, -0.2) is 4.79 Å². The standard InChI is InChI=1S/C12H14ClNO4S/c1-19-5-4-10(12(17)18)14-11(16)8-6-7(15)2-3-9(8)13/h2-3,6,10,15H,4-5H2,1H3,(H,14,16)(H,17,18)/t10-/m0/s1. The largest absolute Gasteiger partial charge is 0.508 e. The third-order valence-electron chi connectivity index (χ3n) is 2.41. The van der Waals surface area contributed by atoms with E-state index in [2.05, 4.69) is 5.32 Å². The van der Waals surface area contributed by atoms with Gasteiger partial charge in [0.05, 0.1) is 10.6 Å². The highest BCUT2D eigenvalue weighted by atomic mass is 35.5. The van der Waals surface area contributed by atoms with Gasteiger partial charge in [0.15, 0.2) is 0 Å². The summed E-state index contributed by atoms with van der Waals surface area (Å²) in [6.45, 7) is 0. The minimum atomic E-state index is -1.10. The molecule has 0 aliphatic carbocycles. The fourth-order valence-corrected chi connectivity index (χ4v) is 2.09. The van der Waals surface area contributed by atoms with E-state index in [9.17, 15) is 14.7 Å². The molecule has 0 aliphatic heterocycles. The van der Waals surface area contributed by atoms with Crippen molar-refractivity contribution in [3.63, 3.8) is 0 Å². The zero-order chi connectivity index (χ0) is 14.4. The van der Waals surface area contributed by atoms with E-state index in [4.69, 9.17) is 16.7 Å². The van der Waals surface area contributed by atoms with Gasteiger partial charge in [0.2, 0.25) is 0 Å². The highest BCUT2D eigenvalue weighted by Crippen LogP contribution is 2.21. The molecular weight excluding hydrogens is 290 g/mol. The average molecular weight is 304 g/mol. The Balaban J connectivity index is 2.81. The normalized spacial score (nSPS) is 11.9. The summed E-state index contributed by atoms with van der Waals surface area (Å²) in [6, 6.07) is 2.95. The van der Waals surface area contributed by atoms with E-state index in [1.54, 1.807) is 0 Å². The molecule has 1 aromatic rings. The number of halogens is 1. The molecule has 5 nitrogen and oxygen atoms in total. The highest BCUT2D eigenvalue weighted by Gasteiger charge is 2.21. The number of carbonyl (C=O) groups excluding carboxylic acids is 1. The average Bonchev–Trinajstić information content (AvgIpc) is 2.36. The number of amides is 1. The third-order valence-corrected chi connectivity index (χ3v) is 3.38. The SMILES string of the molecule is CSCC[C@H](NC(=O)c1cc(O)ccc1Cl)C(=O)O. The fourth-order valence-electron chi connectivity index (χ4n) is 1.42. The van der Waals surface area contributed by atoms with Gasteiger partial charge in [0.1, 0.15) is 11.8 Å². The van der Waals surface area contributed by atoms with Crippen LogP contribution in [0.25, 0.3) is 0 Å². The van der Waals surface area contributed by atoms with Gasteiger partial charge in [-0.15, -0.1) is 0 Å². The molecule has 0 spiro atoms. The van der Waals surface area contributed by atoms with Crippen molar-refractivity contribution < 1.29 is 19.8 Å². The van der Waals surface area contributed by atoms with Crippen molar-refractivity contribution in [3.8, 4) is 5.75 Å². The predicted octanol–water partition coefficient (Wildman–Crippen LogP) is 1.98. The smallest absolute Gasteiger partial charge is 0.326 e. The number of aromatic hydroxyl groups is 1. The van der Waals surface area contributed by atoms with Crippen molar-refractivity contribution in [3.05, 3.63) is 28.8 Å². The number of carboxylic acids is 1. The van der Waals surface area contributed by atoms with E-state index in [0.29, 0.717) is 12.2 Å². The van der Waals surface area contributed by atoms with Gasteiger partial charge in [-0.05, 0) is 36.6 Å². The molecule has 1 atom stereocenters. The summed E-state index contributed by atoms with van der Waals surface area (Å²) in [5.41, 5.74) is 0.0528. The van der Waals surface area contributed by atoms with Crippen LogP contribution < -0.4 is 5.32 Å². The molecule has 19 heavy (non-hydrogen) atoms. The first-order chi connectivity index (χ1) is 8.95. The summed E-state index contributed by atoms with van der Waals surface area (Å²) < 4.78 is 0. The van der Waals surface area contributed by atoms with Crippen LogP contribution in [0.15, 0.2) is 18.2 Å². The first-order valence-corrected chi connectivity index (χ1v) is 7.24. The number of phenolic OH excluding ortho intramolecular Hbond substituents is 1. The second-order valence-electron chi connectivity index (χ2n) is 3.81. The molecule has 1 rings (SSSR count). The molecule has 0 heterocycles. The van der Waals surface area contributed by atoms with Gasteiger partial charge in [0, 0.05) is 0 Å². The topological polar surface area (TPSA) is 86.6 Å². The van der Waals surface area contributed by atoms with Gasteiger partial charge in [0.25, 0.3) is 5.91 Å². The number of carbonyl (C=O) groups is 2. The maximum atomic E-state index is 11.9. The molecule has 7 heteroatoms. The van der Waals surface area contributed by atoms with Crippen LogP contribution in [-0.2, 0) is 4.79 Å². The number of aliphatic carboxylic acids is 1. The first-order valence-electron chi connectivity index (χ1n) is 5.46. The Morgan fingerprint density at radius 2 is 2.16 bits per heavy atom. The predicted molar refractivity (Wildman–Crippen MR) is 75.0 cm³/mol. The molecule has 0 radical (unpaired) electrons. The maximum absolute atomic E-state index is 11.9. The highest BCUT2D eigenvalue weighted by molar-refractivity contribution is 7.98. The zero-order valence-corrected chi connectivity index (χ0v) is 11.8. The Morgan fingerprint density at radius 3 is 2.74 bits per heavy atom. The van der Waals surface area contributed by atoms with E-state index >= 15 is 0 Å². The van der Waals surface area contributed by atoms with E-state index in [0.717, 1.165) is 0 Å². The van der Waals surface area contributed by atoms with Crippen LogP contribution in [0.4, 0.5) is 0 Å². The molecule has 0 saturated heterocycles. The van der Waals surface area contributed by atoms with Crippen LogP contribution in [0, 0.1) is 0 Å². The monoisotopic (exact) mass is 303 g/mol. The van der Waals surface area contributed by atoms with Crippen molar-refractivity contribution in [1.82, 2.24) is 5.32 Å². The Bertz CT molecular complexity index is 481. The number of rotatable bonds is 6. The van der Waals surface area contributed by atoms with Crippen LogP contribution >= 0.6 is 23.4 Å². The molecule has 104 valence electrons. The summed E-state index contributed by atoms with van der Waals surface area (Å²) in [6.07, 6.45) is 2.17. The third kappa shape index (κ3) is 4.65. The number of hydrogen-bond acceptors (Lipinski definition) is 4. The summed E-state index contributed by atoms with van der Waals surface area (Å²) in [4.78, 5) is 22.9. The van der Waals surface area contributed by atoms with Gasteiger partial charge in [-0.1, -0.05) is 11.6 Å². The first kappa shape index (κ1) is 15.7. The molecule has 0 fully saturated rings. The lowest BCUT2D eigenvalue weighted by molar-refractivity contribution is -0.139. The number of thioether (sulfide) groups is 1. The van der Waals surface area contributed by atoms with Crippen molar-refractivity contribution in [2.45, 2.75) is 12.5 Å². The van der Waals surface area contributed by atoms with Crippen molar-refractivity contribution in [2.75, 3.05) is 12.0 Å². The Hall–Kier alpha value is -1.40. The zero-order valence-electron chi connectivity index (χ0n) is 10.2. The molecule has 1 aromatic carbocycles. The summed E-state index contributed by atoms with van der Waals surface area (Å²) >= 11 is 7.33. The van der Waals surface area contributed by atoms with Crippen molar-refractivity contribution in [2.24, 2.45) is 0 Å². The molecular formula is C12H14ClNO4S. The van der Waals surface area contributed by atoms with Crippen LogP contribution in [0.3, 0.4) is 0 Å². The summed E-state index contributed by atoms with van der Waals surface area (Å²) in [7, 11) is 0. The molecule has 0 bridgehead atoms. The molecule has 0 saturated carbocycles. The Morgan fingerprint density at radius 1 is 1.47 bits per heavy atom. The molecule has 3 N–H and O–H groups in total. The second kappa shape index (κ2) is 7.25. The van der Waals surface area contributed by atoms with Gasteiger partial charge in [-0.2, -0.15) is 11.8 Å². The number of phenols is 1. The second-order valence-corrected chi connectivity index (χ2v) is 5.20. The van der Waals surface area contributed by atoms with E-state index < -0.39 is 17.9 Å². The van der Waals surface area contributed by atoms with Crippen LogP contribution in [0.2, 0.25) is 5.02 Å². The fraction of sp³-hybridized carbons (Fsp3) is 0.333. The Kier molecular flexibility index (Phi) is 5.98. The van der Waals surface area contributed by atoms with Crippen LogP contribution in [-0.4, -0.2) is 40.1 Å². The van der Waals surface area contributed by atoms with Crippen molar-refractivity contribution >= 4 is 35.2 Å². The number of nitrogens with one attached hydrogen (secondary N) is 1. The van der Waals surface area contributed by atoms with E-state index in [1.807, 2.05) is 6.26 Å². The summed E-state index contributed by atoms with van der Waals surface area (Å²) in [5.74, 6) is -1.20. The van der Waals surface area contributed by atoms with E-state index in [-0.39, 0.29) is 16.3 Å². The van der Waals surface area contributed by atoms with Crippen LogP contribution in [0.1, 0.15) is 16.8 Å². The summed E-state index contributed by atoms with van der Waals surface area (Å²) in [5, 5.41) is 20.9. The molecule has 0 unspecified atom stereocenters. The molecule has 1 amide bonds. The number of hydrogen-bond donors (Lipinski definition) is 3. The van der Waals surface area contributed by atoms with Gasteiger partial charge < -0.3 is 15.5 Å². The quantitative estimate of drug-likeness (QED) is 0.748. The maximum Gasteiger partial charge on any atom is 0.326 e. The van der Waals surface area contributed by atoms with Crippen molar-refractivity contribution in [1.29, 1.82) is 0 Å². The van der Waals surface area contributed by atoms with E-state index in [1.165, 1.54) is 30.0 Å². The Labute approximate surface area is 120 Å². The number of benzene rings is 1. The lowest BCUT2D eigenvalue weighted by atomic mass is 10.1. The van der Waals surface area contributed by atoms with Gasteiger partial charge in [-0.3, -0.25) is 4.79 Å².